The van der Waals surface area contributed by atoms with Crippen LogP contribution in [-0.2, 0) is 4.79 Å². The average Bonchev–Trinajstić information content (AvgIpc) is 2.63. The van der Waals surface area contributed by atoms with Gasteiger partial charge in [-0.15, -0.1) is 0 Å². The molecule has 26 heavy (non-hydrogen) atoms. The lowest BCUT2D eigenvalue weighted by molar-refractivity contribution is -0.134. The van der Waals surface area contributed by atoms with Crippen LogP contribution in [-0.4, -0.2) is 55.5 Å². The summed E-state index contributed by atoms with van der Waals surface area (Å²) < 4.78 is 0. The van der Waals surface area contributed by atoms with E-state index < -0.39 is 0 Å². The second-order valence-electron chi connectivity index (χ2n) is 7.43. The number of benzene rings is 1. The highest BCUT2D eigenvalue weighted by Crippen LogP contribution is 2.45. The van der Waals surface area contributed by atoms with Crippen LogP contribution in [0, 0.1) is 12.8 Å². The van der Waals surface area contributed by atoms with Crippen molar-refractivity contribution in [3.8, 4) is 0 Å². The Bertz CT molecular complexity index is 761. The second kappa shape index (κ2) is 7.28. The van der Waals surface area contributed by atoms with Crippen LogP contribution in [0.25, 0.3) is 11.1 Å². The topological polar surface area (TPSA) is 35.6 Å². The lowest BCUT2D eigenvalue weighted by Gasteiger charge is -2.42. The van der Waals surface area contributed by atoms with Crippen LogP contribution in [0.2, 0.25) is 0 Å². The van der Waals surface area contributed by atoms with Gasteiger partial charge in [0.1, 0.15) is 0 Å². The second-order valence-corrected chi connectivity index (χ2v) is 7.43. The number of carbonyl (C=O) groups excluding carboxylic acids is 1. The number of anilines is 1. The molecule has 1 aliphatic carbocycles. The van der Waals surface area contributed by atoms with Gasteiger partial charge >= 0.3 is 0 Å². The maximum Gasteiger partial charge on any atom is 0.230 e. The molecule has 1 aliphatic heterocycles. The van der Waals surface area contributed by atoms with Crippen molar-refractivity contribution < 1.29 is 4.79 Å². The van der Waals surface area contributed by atoms with Crippen LogP contribution in [0.4, 0.5) is 5.69 Å². The molecule has 140 valence electrons. The van der Waals surface area contributed by atoms with Gasteiger partial charge < -0.3 is 10.2 Å². The third-order valence-electron chi connectivity index (χ3n) is 5.92. The maximum absolute atomic E-state index is 13.0. The SMILES string of the molecule is C=C1CC2C(=CC(C(=O)N(CC)CC)CN2C)c2ccc(C)c(NC)c21. The van der Waals surface area contributed by atoms with Gasteiger partial charge in [0.15, 0.2) is 0 Å². The molecule has 0 radical (unpaired) electrons. The van der Waals surface area contributed by atoms with E-state index in [2.05, 4.69) is 49.0 Å². The van der Waals surface area contributed by atoms with Gasteiger partial charge in [-0.2, -0.15) is 0 Å². The van der Waals surface area contributed by atoms with Crippen molar-refractivity contribution in [1.29, 1.82) is 0 Å². The molecule has 3 rings (SSSR count). The Morgan fingerprint density at radius 1 is 1.35 bits per heavy atom. The smallest absolute Gasteiger partial charge is 0.230 e. The summed E-state index contributed by atoms with van der Waals surface area (Å²) in [5.74, 6) is 0.157. The van der Waals surface area contributed by atoms with Crippen LogP contribution >= 0.6 is 0 Å². The summed E-state index contributed by atoms with van der Waals surface area (Å²) in [7, 11) is 4.10. The first-order chi connectivity index (χ1) is 12.4. The molecule has 4 heteroatoms. The number of nitrogens with zero attached hydrogens (tertiary/aromatic N) is 2. The fraction of sp³-hybridized carbons (Fsp3) is 0.500. The molecule has 1 N–H and O–H groups in total. The van der Waals surface area contributed by atoms with Crippen molar-refractivity contribution in [3.05, 3.63) is 41.5 Å². The highest BCUT2D eigenvalue weighted by molar-refractivity contribution is 5.94. The van der Waals surface area contributed by atoms with E-state index >= 15 is 0 Å². The van der Waals surface area contributed by atoms with E-state index in [1.807, 2.05) is 25.8 Å². The van der Waals surface area contributed by atoms with Gasteiger partial charge in [-0.1, -0.05) is 24.8 Å². The normalized spacial score (nSPS) is 22.3. The van der Waals surface area contributed by atoms with Crippen LogP contribution in [0.1, 0.15) is 37.0 Å². The van der Waals surface area contributed by atoms with E-state index in [9.17, 15) is 4.79 Å². The Hall–Kier alpha value is -2.07. The Kier molecular flexibility index (Phi) is 5.24. The van der Waals surface area contributed by atoms with Crippen molar-refractivity contribution in [2.24, 2.45) is 5.92 Å². The van der Waals surface area contributed by atoms with Gasteiger partial charge in [-0.3, -0.25) is 9.69 Å². The largest absolute Gasteiger partial charge is 0.387 e. The Balaban J connectivity index is 2.10. The predicted molar refractivity (Wildman–Crippen MR) is 110 cm³/mol. The van der Waals surface area contributed by atoms with Crippen LogP contribution in [0.3, 0.4) is 0 Å². The summed E-state index contributed by atoms with van der Waals surface area (Å²) in [5.41, 5.74) is 7.29. The van der Waals surface area contributed by atoms with Gasteiger partial charge in [-0.25, -0.2) is 0 Å². The maximum atomic E-state index is 13.0. The molecule has 0 bridgehead atoms. The molecule has 0 spiro atoms. The molecule has 0 aromatic heterocycles. The number of likely N-dealkylation sites (N-methyl/N-ethyl adjacent to an activating group) is 1. The van der Waals surface area contributed by atoms with E-state index in [1.54, 1.807) is 0 Å². The third-order valence-corrected chi connectivity index (χ3v) is 5.92. The van der Waals surface area contributed by atoms with Crippen molar-refractivity contribution in [1.82, 2.24) is 9.80 Å². The van der Waals surface area contributed by atoms with Crippen molar-refractivity contribution in [3.63, 3.8) is 0 Å². The summed E-state index contributed by atoms with van der Waals surface area (Å²) in [5, 5.41) is 3.35. The van der Waals surface area contributed by atoms with Gasteiger partial charge in [-0.05, 0) is 56.5 Å². The van der Waals surface area contributed by atoms with E-state index in [1.165, 1.54) is 27.8 Å². The molecule has 2 atom stereocenters. The molecule has 2 unspecified atom stereocenters. The van der Waals surface area contributed by atoms with Gasteiger partial charge in [0.05, 0.1) is 5.92 Å². The zero-order valence-electron chi connectivity index (χ0n) is 16.7. The Morgan fingerprint density at radius 3 is 2.65 bits per heavy atom. The first-order valence-corrected chi connectivity index (χ1v) is 9.63. The minimum absolute atomic E-state index is 0.0790. The minimum atomic E-state index is -0.0790. The molecule has 1 heterocycles. The van der Waals surface area contributed by atoms with Crippen molar-refractivity contribution >= 4 is 22.7 Å². The fourth-order valence-corrected chi connectivity index (χ4v) is 4.48. The quantitative estimate of drug-likeness (QED) is 0.898. The highest BCUT2D eigenvalue weighted by atomic mass is 16.2. The number of fused-ring (bicyclic) bond motifs is 3. The monoisotopic (exact) mass is 353 g/mol. The number of nitrogens with one attached hydrogen (secondary N) is 1. The average molecular weight is 354 g/mol. The van der Waals surface area contributed by atoms with E-state index in [4.69, 9.17) is 0 Å². The number of rotatable bonds is 4. The molecule has 0 saturated heterocycles. The first kappa shape index (κ1) is 18.7. The van der Waals surface area contributed by atoms with E-state index in [-0.39, 0.29) is 11.8 Å². The zero-order chi connectivity index (χ0) is 19.0. The number of hydrogen-bond acceptors (Lipinski definition) is 3. The molecule has 1 amide bonds. The molecular weight excluding hydrogens is 322 g/mol. The Morgan fingerprint density at radius 2 is 2.04 bits per heavy atom. The summed E-state index contributed by atoms with van der Waals surface area (Å²) in [6, 6.07) is 4.67. The first-order valence-electron chi connectivity index (χ1n) is 9.63. The molecule has 0 fully saturated rings. The molecule has 0 saturated carbocycles. The summed E-state index contributed by atoms with van der Waals surface area (Å²) in [4.78, 5) is 17.2. The van der Waals surface area contributed by atoms with E-state index in [0.29, 0.717) is 6.04 Å². The van der Waals surface area contributed by atoms with E-state index in [0.717, 1.165) is 31.7 Å². The highest BCUT2D eigenvalue weighted by Gasteiger charge is 2.37. The van der Waals surface area contributed by atoms with Gasteiger partial charge in [0.25, 0.3) is 0 Å². The summed E-state index contributed by atoms with van der Waals surface area (Å²) >= 11 is 0. The summed E-state index contributed by atoms with van der Waals surface area (Å²) in [6.07, 6.45) is 3.14. The van der Waals surface area contributed by atoms with Gasteiger partial charge in [0.2, 0.25) is 5.91 Å². The Labute approximate surface area is 157 Å². The number of hydrogen-bond donors (Lipinski definition) is 1. The van der Waals surface area contributed by atoms with Crippen LogP contribution in [0.15, 0.2) is 24.8 Å². The predicted octanol–water partition coefficient (Wildman–Crippen LogP) is 3.64. The number of amides is 1. The summed E-state index contributed by atoms with van der Waals surface area (Å²) in [6.45, 7) is 12.9. The van der Waals surface area contributed by atoms with Crippen LogP contribution < -0.4 is 5.32 Å². The third kappa shape index (κ3) is 2.96. The molecule has 4 nitrogen and oxygen atoms in total. The van der Waals surface area contributed by atoms with Gasteiger partial charge in [0, 0.05) is 44.0 Å². The van der Waals surface area contributed by atoms with Crippen LogP contribution in [0.5, 0.6) is 0 Å². The number of aryl methyl sites for hydroxylation is 1. The van der Waals surface area contributed by atoms with Crippen molar-refractivity contribution in [2.75, 3.05) is 39.0 Å². The molecule has 1 aromatic rings. The lowest BCUT2D eigenvalue weighted by atomic mass is 9.76. The molecular formula is C22H31N3O. The van der Waals surface area contributed by atoms with Crippen molar-refractivity contribution in [2.45, 2.75) is 33.2 Å². The molecule has 1 aromatic carbocycles. The zero-order valence-corrected chi connectivity index (χ0v) is 16.7. The molecule has 2 aliphatic rings. The fourth-order valence-electron chi connectivity index (χ4n) is 4.48. The minimum Gasteiger partial charge on any atom is -0.387 e. The lowest BCUT2D eigenvalue weighted by Crippen LogP contribution is -2.47. The number of carbonyl (C=O) groups is 1. The standard InChI is InChI=1S/C22H31N3O/c1-7-25(8-2)22(26)16-12-18-17-10-9-14(3)21(23-5)20(17)15(4)11-19(18)24(6)13-16/h9-10,12,16,19,23H,4,7-8,11,13H2,1-3,5-6H3.